The van der Waals surface area contributed by atoms with E-state index < -0.39 is 0 Å². The molecule has 0 unspecified atom stereocenters. The van der Waals surface area contributed by atoms with Crippen molar-refractivity contribution in [3.05, 3.63) is 23.6 Å². The lowest BCUT2D eigenvalue weighted by molar-refractivity contribution is 0.316. The van der Waals surface area contributed by atoms with Gasteiger partial charge in [0.15, 0.2) is 0 Å². The highest BCUT2D eigenvalue weighted by atomic mass is 16.5. The summed E-state index contributed by atoms with van der Waals surface area (Å²) < 4.78 is 5.00. The summed E-state index contributed by atoms with van der Waals surface area (Å²) in [5.41, 5.74) is 1.25. The van der Waals surface area contributed by atoms with Gasteiger partial charge in [0.2, 0.25) is 0 Å². The monoisotopic (exact) mass is 137 g/mol. The normalized spacial score (nSPS) is 17.4. The lowest BCUT2D eigenvalue weighted by Crippen LogP contribution is -1.85. The molecule has 1 aliphatic rings. The molecular weight excluding hydrogens is 126 g/mol. The summed E-state index contributed by atoms with van der Waals surface area (Å²) in [6, 6.07) is 0. The maximum absolute atomic E-state index is 5.00. The fourth-order valence-electron chi connectivity index (χ4n) is 0.741. The summed E-state index contributed by atoms with van der Waals surface area (Å²) >= 11 is 0. The van der Waals surface area contributed by atoms with Crippen LogP contribution in [0.3, 0.4) is 0 Å². The van der Waals surface area contributed by atoms with Gasteiger partial charge in [0, 0.05) is 6.20 Å². The van der Waals surface area contributed by atoms with Gasteiger partial charge in [-0.25, -0.2) is 0 Å². The van der Waals surface area contributed by atoms with Crippen molar-refractivity contribution in [2.45, 2.75) is 13.3 Å². The molecule has 0 aromatic carbocycles. The molecule has 54 valence electrons. The second kappa shape index (κ2) is 3.20. The van der Waals surface area contributed by atoms with Gasteiger partial charge in [-0.2, -0.15) is 0 Å². The number of ether oxygens (including phenoxy) is 1. The van der Waals surface area contributed by atoms with Crippen molar-refractivity contribution in [2.24, 2.45) is 4.99 Å². The van der Waals surface area contributed by atoms with Crippen molar-refractivity contribution in [2.75, 3.05) is 7.11 Å². The maximum atomic E-state index is 5.00. The van der Waals surface area contributed by atoms with Crippen LogP contribution in [0, 0.1) is 0 Å². The van der Waals surface area contributed by atoms with Gasteiger partial charge in [0.05, 0.1) is 13.3 Å². The number of methoxy groups -OCH3 is 1. The molecule has 1 heterocycles. The molecular formula is C8H11NO. The van der Waals surface area contributed by atoms with Crippen molar-refractivity contribution in [1.29, 1.82) is 0 Å². The standard InChI is InChI=1S/C8H11NO/c1-7-3-4-8(10-2)6-9-5-7/h4-6H,3H2,1-2H3. The number of rotatable bonds is 1. The Morgan fingerprint density at radius 1 is 1.60 bits per heavy atom. The van der Waals surface area contributed by atoms with E-state index in [1.54, 1.807) is 13.3 Å². The molecule has 0 aliphatic carbocycles. The lowest BCUT2D eigenvalue weighted by Gasteiger charge is -1.95. The first-order valence-corrected chi connectivity index (χ1v) is 3.26. The van der Waals surface area contributed by atoms with Crippen LogP contribution in [-0.2, 0) is 4.74 Å². The van der Waals surface area contributed by atoms with Crippen LogP contribution in [0.4, 0.5) is 0 Å². The summed E-state index contributed by atoms with van der Waals surface area (Å²) in [6.45, 7) is 2.05. The molecule has 2 heteroatoms. The van der Waals surface area contributed by atoms with Crippen LogP contribution < -0.4 is 0 Å². The van der Waals surface area contributed by atoms with Crippen LogP contribution in [0.1, 0.15) is 13.3 Å². The molecule has 0 N–H and O–H groups in total. The minimum Gasteiger partial charge on any atom is -0.495 e. The van der Waals surface area contributed by atoms with Crippen molar-refractivity contribution in [3.8, 4) is 0 Å². The molecule has 0 saturated carbocycles. The second-order valence-electron chi connectivity index (χ2n) is 2.27. The highest BCUT2D eigenvalue weighted by molar-refractivity contribution is 5.76. The van der Waals surface area contributed by atoms with E-state index in [4.69, 9.17) is 4.74 Å². The molecule has 0 radical (unpaired) electrons. The number of hydrogen-bond acceptors (Lipinski definition) is 2. The molecule has 0 atom stereocenters. The second-order valence-corrected chi connectivity index (χ2v) is 2.27. The number of hydrogen-bond donors (Lipinski definition) is 0. The van der Waals surface area contributed by atoms with Crippen LogP contribution >= 0.6 is 0 Å². The van der Waals surface area contributed by atoms with E-state index in [1.807, 2.05) is 19.2 Å². The Kier molecular flexibility index (Phi) is 2.26. The summed E-state index contributed by atoms with van der Waals surface area (Å²) in [4.78, 5) is 4.02. The Bertz CT molecular complexity index is 201. The summed E-state index contributed by atoms with van der Waals surface area (Å²) in [6.07, 6.45) is 6.52. The van der Waals surface area contributed by atoms with Gasteiger partial charge in [-0.15, -0.1) is 0 Å². The Morgan fingerprint density at radius 2 is 2.40 bits per heavy atom. The average Bonchev–Trinajstić information content (AvgIpc) is 2.14. The van der Waals surface area contributed by atoms with E-state index in [2.05, 4.69) is 4.99 Å². The van der Waals surface area contributed by atoms with Gasteiger partial charge in [0.25, 0.3) is 0 Å². The molecule has 2 nitrogen and oxygen atoms in total. The van der Waals surface area contributed by atoms with Gasteiger partial charge in [-0.05, 0) is 19.4 Å². The molecule has 10 heavy (non-hydrogen) atoms. The summed E-state index contributed by atoms with van der Waals surface area (Å²) in [5, 5.41) is 0. The molecule has 0 amide bonds. The minimum absolute atomic E-state index is 0.841. The molecule has 0 bridgehead atoms. The average molecular weight is 137 g/mol. The van der Waals surface area contributed by atoms with Crippen molar-refractivity contribution in [1.82, 2.24) is 0 Å². The van der Waals surface area contributed by atoms with Gasteiger partial charge < -0.3 is 4.74 Å². The summed E-state index contributed by atoms with van der Waals surface area (Å²) in [5.74, 6) is 0.841. The number of nitrogens with zero attached hydrogens (tertiary/aromatic N) is 1. The van der Waals surface area contributed by atoms with Gasteiger partial charge in [0.1, 0.15) is 5.76 Å². The first kappa shape index (κ1) is 7.06. The Morgan fingerprint density at radius 3 is 3.10 bits per heavy atom. The number of aliphatic imine (C=N–C) groups is 1. The lowest BCUT2D eigenvalue weighted by atomic mass is 10.2. The molecule has 0 saturated heterocycles. The van der Waals surface area contributed by atoms with Crippen LogP contribution in [0.5, 0.6) is 0 Å². The third-order valence-electron chi connectivity index (χ3n) is 1.36. The third kappa shape index (κ3) is 1.72. The maximum Gasteiger partial charge on any atom is 0.133 e. The Labute approximate surface area is 60.9 Å². The first-order chi connectivity index (χ1) is 4.83. The van der Waals surface area contributed by atoms with Crippen molar-refractivity contribution < 1.29 is 4.74 Å². The quantitative estimate of drug-likeness (QED) is 0.541. The number of allylic oxidation sites excluding steroid dienone is 3. The topological polar surface area (TPSA) is 21.6 Å². The van der Waals surface area contributed by atoms with Crippen LogP contribution in [0.15, 0.2) is 28.6 Å². The zero-order valence-corrected chi connectivity index (χ0v) is 6.29. The van der Waals surface area contributed by atoms with Gasteiger partial charge >= 0.3 is 0 Å². The predicted molar refractivity (Wildman–Crippen MR) is 42.0 cm³/mol. The molecule has 0 fully saturated rings. The SMILES string of the molecule is COC1=CCC(C)=CN=C1. The van der Waals surface area contributed by atoms with E-state index in [-0.39, 0.29) is 0 Å². The molecule has 1 rings (SSSR count). The Balaban J connectivity index is 2.69. The van der Waals surface area contributed by atoms with Crippen LogP contribution in [-0.4, -0.2) is 13.3 Å². The largest absolute Gasteiger partial charge is 0.495 e. The highest BCUT2D eigenvalue weighted by Crippen LogP contribution is 2.07. The van der Waals surface area contributed by atoms with E-state index in [9.17, 15) is 0 Å². The summed E-state index contributed by atoms with van der Waals surface area (Å²) in [7, 11) is 1.65. The molecule has 1 aliphatic heterocycles. The minimum atomic E-state index is 0.841. The van der Waals surface area contributed by atoms with Crippen LogP contribution in [0.25, 0.3) is 0 Å². The fourth-order valence-corrected chi connectivity index (χ4v) is 0.741. The predicted octanol–water partition coefficient (Wildman–Crippen LogP) is 1.90. The van der Waals surface area contributed by atoms with Crippen molar-refractivity contribution in [3.63, 3.8) is 0 Å². The zero-order chi connectivity index (χ0) is 7.40. The van der Waals surface area contributed by atoms with Gasteiger partial charge in [-0.1, -0.05) is 5.57 Å². The van der Waals surface area contributed by atoms with E-state index in [0.29, 0.717) is 0 Å². The molecule has 0 spiro atoms. The van der Waals surface area contributed by atoms with Gasteiger partial charge in [-0.3, -0.25) is 4.99 Å². The van der Waals surface area contributed by atoms with Crippen LogP contribution in [0.2, 0.25) is 0 Å². The van der Waals surface area contributed by atoms with E-state index >= 15 is 0 Å². The fraction of sp³-hybridized carbons (Fsp3) is 0.375. The third-order valence-corrected chi connectivity index (χ3v) is 1.36. The highest BCUT2D eigenvalue weighted by Gasteiger charge is 1.94. The Hall–Kier alpha value is -1.05. The zero-order valence-electron chi connectivity index (χ0n) is 6.29. The van der Waals surface area contributed by atoms with E-state index in [0.717, 1.165) is 12.2 Å². The van der Waals surface area contributed by atoms with Crippen molar-refractivity contribution >= 4 is 6.21 Å². The van der Waals surface area contributed by atoms with E-state index in [1.165, 1.54) is 5.57 Å². The first-order valence-electron chi connectivity index (χ1n) is 3.26. The smallest absolute Gasteiger partial charge is 0.133 e. The molecule has 0 aromatic rings. The molecule has 0 aromatic heterocycles.